The SMILES string of the molecule is CC(=O)N1CCN(C(CN)c2cccc(F)c2)CC1. The molecule has 1 aromatic carbocycles. The number of carbonyl (C=O) groups excluding carboxylic acids is 1. The number of benzene rings is 1. The number of hydrogen-bond donors (Lipinski definition) is 1. The highest BCUT2D eigenvalue weighted by Crippen LogP contribution is 2.21. The molecule has 4 nitrogen and oxygen atoms in total. The number of carbonyl (C=O) groups is 1. The zero-order valence-corrected chi connectivity index (χ0v) is 11.2. The quantitative estimate of drug-likeness (QED) is 0.886. The molecule has 1 aromatic rings. The van der Waals surface area contributed by atoms with Crippen molar-refractivity contribution in [2.24, 2.45) is 5.73 Å². The molecule has 1 amide bonds. The molecule has 0 bridgehead atoms. The minimum atomic E-state index is -0.238. The van der Waals surface area contributed by atoms with Gasteiger partial charge in [-0.15, -0.1) is 0 Å². The second kappa shape index (κ2) is 6.12. The van der Waals surface area contributed by atoms with Crippen LogP contribution in [0.3, 0.4) is 0 Å². The molecule has 104 valence electrons. The highest BCUT2D eigenvalue weighted by molar-refractivity contribution is 5.73. The van der Waals surface area contributed by atoms with Crippen molar-refractivity contribution in [1.82, 2.24) is 9.80 Å². The maximum atomic E-state index is 13.3. The minimum Gasteiger partial charge on any atom is -0.340 e. The fraction of sp³-hybridized carbons (Fsp3) is 0.500. The lowest BCUT2D eigenvalue weighted by atomic mass is 10.0. The summed E-state index contributed by atoms with van der Waals surface area (Å²) in [6, 6.07) is 6.60. The van der Waals surface area contributed by atoms with Crippen molar-refractivity contribution in [3.8, 4) is 0 Å². The topological polar surface area (TPSA) is 49.6 Å². The first-order valence-electron chi connectivity index (χ1n) is 6.57. The molecule has 2 rings (SSSR count). The second-order valence-corrected chi connectivity index (χ2v) is 4.85. The van der Waals surface area contributed by atoms with Crippen molar-refractivity contribution in [3.05, 3.63) is 35.6 Å². The third kappa shape index (κ3) is 3.30. The number of halogens is 1. The average Bonchev–Trinajstić information content (AvgIpc) is 2.40. The van der Waals surface area contributed by atoms with Gasteiger partial charge in [0.25, 0.3) is 0 Å². The molecular formula is C14H20FN3O. The smallest absolute Gasteiger partial charge is 0.219 e. The Balaban J connectivity index is 2.05. The van der Waals surface area contributed by atoms with Gasteiger partial charge in [-0.1, -0.05) is 12.1 Å². The summed E-state index contributed by atoms with van der Waals surface area (Å²) in [5.74, 6) is -0.131. The van der Waals surface area contributed by atoms with Gasteiger partial charge in [0.2, 0.25) is 5.91 Å². The highest BCUT2D eigenvalue weighted by atomic mass is 19.1. The largest absolute Gasteiger partial charge is 0.340 e. The molecule has 0 spiro atoms. The van der Waals surface area contributed by atoms with Gasteiger partial charge in [0.15, 0.2) is 0 Å². The van der Waals surface area contributed by atoms with Gasteiger partial charge in [-0.2, -0.15) is 0 Å². The summed E-state index contributed by atoms with van der Waals surface area (Å²) in [5, 5.41) is 0. The predicted molar refractivity (Wildman–Crippen MR) is 72.0 cm³/mol. The van der Waals surface area contributed by atoms with Crippen LogP contribution in [-0.4, -0.2) is 48.4 Å². The summed E-state index contributed by atoms with van der Waals surface area (Å²) in [4.78, 5) is 15.3. The maximum Gasteiger partial charge on any atom is 0.219 e. The van der Waals surface area contributed by atoms with Crippen molar-refractivity contribution < 1.29 is 9.18 Å². The number of nitrogens with zero attached hydrogens (tertiary/aromatic N) is 2. The fourth-order valence-electron chi connectivity index (χ4n) is 2.56. The number of piperazine rings is 1. The van der Waals surface area contributed by atoms with Crippen LogP contribution in [0.2, 0.25) is 0 Å². The van der Waals surface area contributed by atoms with Gasteiger partial charge >= 0.3 is 0 Å². The third-order valence-corrected chi connectivity index (χ3v) is 3.66. The molecule has 1 saturated heterocycles. The molecule has 0 radical (unpaired) electrons. The van der Waals surface area contributed by atoms with E-state index < -0.39 is 0 Å². The molecule has 5 heteroatoms. The molecule has 1 heterocycles. The van der Waals surface area contributed by atoms with Crippen LogP contribution in [0.25, 0.3) is 0 Å². The highest BCUT2D eigenvalue weighted by Gasteiger charge is 2.25. The summed E-state index contributed by atoms with van der Waals surface area (Å²) in [6.45, 7) is 5.00. The van der Waals surface area contributed by atoms with Crippen molar-refractivity contribution in [2.75, 3.05) is 32.7 Å². The van der Waals surface area contributed by atoms with Gasteiger partial charge in [-0.3, -0.25) is 9.69 Å². The van der Waals surface area contributed by atoms with Gasteiger partial charge in [0.05, 0.1) is 0 Å². The van der Waals surface area contributed by atoms with E-state index in [1.54, 1.807) is 13.0 Å². The Kier molecular flexibility index (Phi) is 4.50. The van der Waals surface area contributed by atoms with E-state index in [0.29, 0.717) is 19.6 Å². The Labute approximate surface area is 113 Å². The van der Waals surface area contributed by atoms with Crippen LogP contribution in [-0.2, 0) is 4.79 Å². The van der Waals surface area contributed by atoms with E-state index >= 15 is 0 Å². The molecule has 1 fully saturated rings. The summed E-state index contributed by atoms with van der Waals surface area (Å²) >= 11 is 0. The van der Waals surface area contributed by atoms with E-state index in [-0.39, 0.29) is 17.8 Å². The number of hydrogen-bond acceptors (Lipinski definition) is 3. The monoisotopic (exact) mass is 265 g/mol. The van der Waals surface area contributed by atoms with E-state index in [1.807, 2.05) is 11.0 Å². The first-order chi connectivity index (χ1) is 9.11. The van der Waals surface area contributed by atoms with Gasteiger partial charge in [-0.25, -0.2) is 4.39 Å². The van der Waals surface area contributed by atoms with Crippen molar-refractivity contribution in [1.29, 1.82) is 0 Å². The summed E-state index contributed by atoms with van der Waals surface area (Å²) in [7, 11) is 0. The van der Waals surface area contributed by atoms with Crippen LogP contribution in [0.5, 0.6) is 0 Å². The number of amides is 1. The predicted octanol–water partition coefficient (Wildman–Crippen LogP) is 0.990. The Morgan fingerprint density at radius 2 is 2.05 bits per heavy atom. The first-order valence-corrected chi connectivity index (χ1v) is 6.57. The van der Waals surface area contributed by atoms with Crippen LogP contribution < -0.4 is 5.73 Å². The summed E-state index contributed by atoms with van der Waals surface area (Å²) < 4.78 is 13.3. The molecule has 1 unspecified atom stereocenters. The third-order valence-electron chi connectivity index (χ3n) is 3.66. The molecular weight excluding hydrogens is 245 g/mol. The standard InChI is InChI=1S/C14H20FN3O/c1-11(19)17-5-7-18(8-6-17)14(10-16)12-3-2-4-13(15)9-12/h2-4,9,14H,5-8,10,16H2,1H3. The lowest BCUT2D eigenvalue weighted by Gasteiger charge is -2.38. The van der Waals surface area contributed by atoms with Crippen LogP contribution in [0, 0.1) is 5.82 Å². The Bertz CT molecular complexity index is 444. The molecule has 2 N–H and O–H groups in total. The van der Waals surface area contributed by atoms with E-state index in [9.17, 15) is 9.18 Å². The normalized spacial score (nSPS) is 18.4. The molecule has 1 atom stereocenters. The second-order valence-electron chi connectivity index (χ2n) is 4.85. The molecule has 0 saturated carbocycles. The van der Waals surface area contributed by atoms with Gasteiger partial charge in [0.1, 0.15) is 5.82 Å². The molecule has 0 aromatic heterocycles. The lowest BCUT2D eigenvalue weighted by molar-refractivity contribution is -0.130. The van der Waals surface area contributed by atoms with Gasteiger partial charge in [0, 0.05) is 45.7 Å². The summed E-state index contributed by atoms with van der Waals surface area (Å²) in [5.41, 5.74) is 6.74. The van der Waals surface area contributed by atoms with Crippen LogP contribution in [0.4, 0.5) is 4.39 Å². The zero-order chi connectivity index (χ0) is 13.8. The Morgan fingerprint density at radius 1 is 1.37 bits per heavy atom. The minimum absolute atomic E-state index is 0.0183. The van der Waals surface area contributed by atoms with Crippen LogP contribution >= 0.6 is 0 Å². The maximum absolute atomic E-state index is 13.3. The van der Waals surface area contributed by atoms with E-state index in [2.05, 4.69) is 4.90 Å². The van der Waals surface area contributed by atoms with Crippen LogP contribution in [0.15, 0.2) is 24.3 Å². The van der Waals surface area contributed by atoms with Gasteiger partial charge < -0.3 is 10.6 Å². The Hall–Kier alpha value is -1.46. The Morgan fingerprint density at radius 3 is 2.58 bits per heavy atom. The zero-order valence-electron chi connectivity index (χ0n) is 11.2. The van der Waals surface area contributed by atoms with Crippen molar-refractivity contribution in [3.63, 3.8) is 0 Å². The van der Waals surface area contributed by atoms with Gasteiger partial charge in [-0.05, 0) is 17.7 Å². The molecule has 0 aliphatic carbocycles. The molecule has 1 aliphatic rings. The first kappa shape index (κ1) is 14.0. The number of rotatable bonds is 3. The fourth-order valence-corrected chi connectivity index (χ4v) is 2.56. The van der Waals surface area contributed by atoms with E-state index in [0.717, 1.165) is 18.7 Å². The van der Waals surface area contributed by atoms with E-state index in [1.165, 1.54) is 12.1 Å². The molecule has 1 aliphatic heterocycles. The summed E-state index contributed by atoms with van der Waals surface area (Å²) in [6.07, 6.45) is 0. The molecule has 19 heavy (non-hydrogen) atoms. The lowest BCUT2D eigenvalue weighted by Crippen LogP contribution is -2.50. The van der Waals surface area contributed by atoms with Crippen molar-refractivity contribution >= 4 is 5.91 Å². The van der Waals surface area contributed by atoms with Crippen molar-refractivity contribution in [2.45, 2.75) is 13.0 Å². The van der Waals surface area contributed by atoms with E-state index in [4.69, 9.17) is 5.73 Å². The van der Waals surface area contributed by atoms with Crippen LogP contribution in [0.1, 0.15) is 18.5 Å². The average molecular weight is 265 g/mol. The number of nitrogens with two attached hydrogens (primary N) is 1.